The Hall–Kier alpha value is -2.41. The van der Waals surface area contributed by atoms with E-state index in [0.717, 1.165) is 36.8 Å². The summed E-state index contributed by atoms with van der Waals surface area (Å²) in [6.07, 6.45) is 5.86. The molecule has 2 fully saturated rings. The van der Waals surface area contributed by atoms with Crippen LogP contribution in [0.3, 0.4) is 0 Å². The molecular formula is C26H40N6O. The third kappa shape index (κ3) is 5.24. The number of aromatic nitrogens is 3. The SMILES string of the molecule is Cc1nnc(C(C)C)n1C1C[C@H]2CC[C@@H](C1)N2CCCN(C(=O)NC(C)C)c1ccccc1. The molecule has 4 rings (SSSR count). The van der Waals surface area contributed by atoms with Crippen LogP contribution in [0.5, 0.6) is 0 Å². The lowest BCUT2D eigenvalue weighted by Gasteiger charge is -2.40. The number of carbonyl (C=O) groups excluding carboxylic acids is 1. The standard InChI is InChI=1S/C26H40N6O/c1-18(2)25-29-28-20(5)32(25)24-16-22-12-13-23(17-24)30(22)14-9-15-31(26(33)27-19(3)4)21-10-7-6-8-11-21/h6-8,10-11,18-19,22-24H,9,12-17H2,1-5H3,(H,27,33)/t22-,23+,24?. The summed E-state index contributed by atoms with van der Waals surface area (Å²) in [7, 11) is 0. The highest BCUT2D eigenvalue weighted by molar-refractivity contribution is 5.92. The molecule has 0 aliphatic carbocycles. The van der Waals surface area contributed by atoms with Gasteiger partial charge in [-0.2, -0.15) is 0 Å². The van der Waals surface area contributed by atoms with E-state index in [1.54, 1.807) is 0 Å². The van der Waals surface area contributed by atoms with Gasteiger partial charge in [-0.3, -0.25) is 9.80 Å². The maximum atomic E-state index is 12.9. The molecule has 2 aromatic rings. The molecule has 180 valence electrons. The van der Waals surface area contributed by atoms with Gasteiger partial charge in [0, 0.05) is 48.9 Å². The molecule has 3 heterocycles. The Morgan fingerprint density at radius 2 is 1.73 bits per heavy atom. The number of aryl methyl sites for hydroxylation is 1. The fraction of sp³-hybridized carbons (Fsp3) is 0.654. The number of fused-ring (bicyclic) bond motifs is 2. The molecule has 7 heteroatoms. The van der Waals surface area contributed by atoms with Crippen molar-refractivity contribution < 1.29 is 4.79 Å². The van der Waals surface area contributed by atoms with E-state index in [4.69, 9.17) is 0 Å². The molecule has 1 N–H and O–H groups in total. The first kappa shape index (κ1) is 23.7. The number of nitrogens with zero attached hydrogens (tertiary/aromatic N) is 5. The van der Waals surface area contributed by atoms with Gasteiger partial charge in [-0.25, -0.2) is 4.79 Å². The lowest BCUT2D eigenvalue weighted by atomic mass is 9.96. The number of carbonyl (C=O) groups is 1. The molecule has 1 unspecified atom stereocenters. The highest BCUT2D eigenvalue weighted by Gasteiger charge is 2.41. The third-order valence-electron chi connectivity index (χ3n) is 7.16. The van der Waals surface area contributed by atoms with Gasteiger partial charge in [0.25, 0.3) is 0 Å². The molecule has 2 saturated heterocycles. The molecule has 2 aliphatic rings. The van der Waals surface area contributed by atoms with Crippen LogP contribution in [0, 0.1) is 6.92 Å². The quantitative estimate of drug-likeness (QED) is 0.619. The lowest BCUT2D eigenvalue weighted by Crippen LogP contribution is -2.46. The molecule has 3 atom stereocenters. The van der Waals surface area contributed by atoms with Gasteiger partial charge in [-0.1, -0.05) is 32.0 Å². The second-order valence-electron chi connectivity index (χ2n) is 10.3. The minimum absolute atomic E-state index is 0.0119. The number of rotatable bonds is 8. The maximum absolute atomic E-state index is 12.9. The van der Waals surface area contributed by atoms with Gasteiger partial charge in [0.2, 0.25) is 0 Å². The van der Waals surface area contributed by atoms with E-state index in [-0.39, 0.29) is 12.1 Å². The normalized spacial score (nSPS) is 22.8. The Bertz CT molecular complexity index is 910. The number of piperidine rings is 1. The van der Waals surface area contributed by atoms with Crippen molar-refractivity contribution >= 4 is 11.7 Å². The number of hydrogen-bond donors (Lipinski definition) is 1. The second-order valence-corrected chi connectivity index (χ2v) is 10.3. The number of urea groups is 1. The summed E-state index contributed by atoms with van der Waals surface area (Å²) < 4.78 is 2.42. The van der Waals surface area contributed by atoms with Gasteiger partial charge < -0.3 is 9.88 Å². The minimum atomic E-state index is -0.0119. The topological polar surface area (TPSA) is 66.3 Å². The predicted octanol–water partition coefficient (Wildman–Crippen LogP) is 4.89. The van der Waals surface area contributed by atoms with E-state index in [2.05, 4.69) is 45.8 Å². The van der Waals surface area contributed by atoms with Crippen LogP contribution in [0.2, 0.25) is 0 Å². The van der Waals surface area contributed by atoms with Crippen molar-refractivity contribution in [3.63, 3.8) is 0 Å². The number of hydrogen-bond acceptors (Lipinski definition) is 4. The zero-order chi connectivity index (χ0) is 23.5. The Morgan fingerprint density at radius 3 is 2.33 bits per heavy atom. The van der Waals surface area contributed by atoms with Gasteiger partial charge in [0.15, 0.2) is 0 Å². The summed E-state index contributed by atoms with van der Waals surface area (Å²) in [6.45, 7) is 12.3. The van der Waals surface area contributed by atoms with Crippen LogP contribution >= 0.6 is 0 Å². The van der Waals surface area contributed by atoms with E-state index >= 15 is 0 Å². The van der Waals surface area contributed by atoms with Gasteiger partial charge >= 0.3 is 6.03 Å². The molecule has 33 heavy (non-hydrogen) atoms. The minimum Gasteiger partial charge on any atom is -0.336 e. The number of para-hydroxylation sites is 1. The van der Waals surface area contributed by atoms with Crippen LogP contribution in [0.4, 0.5) is 10.5 Å². The molecule has 0 spiro atoms. The number of benzene rings is 1. The molecule has 1 aromatic heterocycles. The third-order valence-corrected chi connectivity index (χ3v) is 7.16. The number of nitrogens with one attached hydrogen (secondary N) is 1. The van der Waals surface area contributed by atoms with Gasteiger partial charge in [-0.15, -0.1) is 10.2 Å². The number of amides is 2. The van der Waals surface area contributed by atoms with Crippen LogP contribution in [0.25, 0.3) is 0 Å². The van der Waals surface area contributed by atoms with E-state index < -0.39 is 0 Å². The Kier molecular flexibility index (Phi) is 7.37. The van der Waals surface area contributed by atoms with Gasteiger partial charge in [0.1, 0.15) is 11.6 Å². The molecule has 0 saturated carbocycles. The molecule has 2 amide bonds. The van der Waals surface area contributed by atoms with Gasteiger partial charge in [-0.05, 0) is 65.0 Å². The summed E-state index contributed by atoms with van der Waals surface area (Å²) >= 11 is 0. The largest absolute Gasteiger partial charge is 0.336 e. The van der Waals surface area contributed by atoms with Crippen molar-refractivity contribution in [2.24, 2.45) is 0 Å². The van der Waals surface area contributed by atoms with Crippen molar-refractivity contribution in [1.29, 1.82) is 0 Å². The van der Waals surface area contributed by atoms with E-state index in [0.29, 0.717) is 24.0 Å². The fourth-order valence-corrected chi connectivity index (χ4v) is 5.74. The first-order valence-electron chi connectivity index (χ1n) is 12.6. The summed E-state index contributed by atoms with van der Waals surface area (Å²) in [5.41, 5.74) is 0.960. The smallest absolute Gasteiger partial charge is 0.322 e. The monoisotopic (exact) mass is 452 g/mol. The first-order valence-corrected chi connectivity index (χ1v) is 12.6. The molecule has 2 bridgehead atoms. The Balaban J connectivity index is 1.39. The second kappa shape index (κ2) is 10.2. The van der Waals surface area contributed by atoms with Crippen molar-refractivity contribution in [2.45, 2.75) is 96.8 Å². The summed E-state index contributed by atoms with van der Waals surface area (Å²) in [5, 5.41) is 11.9. The molecule has 7 nitrogen and oxygen atoms in total. The Labute approximate surface area is 198 Å². The average Bonchev–Trinajstić information content (AvgIpc) is 3.27. The van der Waals surface area contributed by atoms with Crippen molar-refractivity contribution in [3.05, 3.63) is 42.0 Å². The van der Waals surface area contributed by atoms with Crippen molar-refractivity contribution in [3.8, 4) is 0 Å². The first-order chi connectivity index (χ1) is 15.8. The summed E-state index contributed by atoms with van der Waals surface area (Å²) in [5.74, 6) is 2.56. The Morgan fingerprint density at radius 1 is 1.06 bits per heavy atom. The zero-order valence-electron chi connectivity index (χ0n) is 20.9. The van der Waals surface area contributed by atoms with Crippen LogP contribution < -0.4 is 10.2 Å². The van der Waals surface area contributed by atoms with Crippen LogP contribution in [-0.4, -0.2) is 56.9 Å². The molecule has 1 aromatic carbocycles. The van der Waals surface area contributed by atoms with Crippen molar-refractivity contribution in [1.82, 2.24) is 25.0 Å². The predicted molar refractivity (Wildman–Crippen MR) is 133 cm³/mol. The summed E-state index contributed by atoms with van der Waals surface area (Å²) in [6, 6.07) is 11.9. The molecule has 0 radical (unpaired) electrons. The average molecular weight is 453 g/mol. The lowest BCUT2D eigenvalue weighted by molar-refractivity contribution is 0.104. The van der Waals surface area contributed by atoms with Gasteiger partial charge in [0.05, 0.1) is 0 Å². The summed E-state index contributed by atoms with van der Waals surface area (Å²) in [4.78, 5) is 17.5. The fourth-order valence-electron chi connectivity index (χ4n) is 5.74. The van der Waals surface area contributed by atoms with Crippen LogP contribution in [0.1, 0.15) is 83.4 Å². The van der Waals surface area contributed by atoms with E-state index in [1.807, 2.05) is 49.1 Å². The van der Waals surface area contributed by atoms with E-state index in [1.165, 1.54) is 25.7 Å². The molecule has 2 aliphatic heterocycles. The maximum Gasteiger partial charge on any atom is 0.322 e. The highest BCUT2D eigenvalue weighted by atomic mass is 16.2. The van der Waals surface area contributed by atoms with Crippen molar-refractivity contribution in [2.75, 3.05) is 18.0 Å². The highest BCUT2D eigenvalue weighted by Crippen LogP contribution is 2.42. The van der Waals surface area contributed by atoms with Crippen LogP contribution in [0.15, 0.2) is 30.3 Å². The number of anilines is 1. The van der Waals surface area contributed by atoms with E-state index in [9.17, 15) is 4.79 Å². The zero-order valence-corrected chi connectivity index (χ0v) is 20.9. The molecular weight excluding hydrogens is 412 g/mol. The van der Waals surface area contributed by atoms with Crippen LogP contribution in [-0.2, 0) is 0 Å².